The molecule has 1 aliphatic rings. The van der Waals surface area contributed by atoms with Crippen molar-refractivity contribution in [2.24, 2.45) is 0 Å². The third-order valence-corrected chi connectivity index (χ3v) is 5.66. The molecule has 1 aliphatic carbocycles. The molecule has 0 saturated carbocycles. The topological polar surface area (TPSA) is 0 Å². The molecule has 0 amide bonds. The molecule has 2 aromatic rings. The van der Waals surface area contributed by atoms with E-state index in [9.17, 15) is 0 Å². The van der Waals surface area contributed by atoms with Crippen LogP contribution in [0.25, 0.3) is 11.1 Å². The third kappa shape index (κ3) is 7.91. The molecule has 0 fully saturated rings. The van der Waals surface area contributed by atoms with Gasteiger partial charge < -0.3 is 0 Å². The molecule has 0 aliphatic heterocycles. The van der Waals surface area contributed by atoms with Crippen LogP contribution in [0.15, 0.2) is 48.5 Å². The number of benzene rings is 2. The van der Waals surface area contributed by atoms with Gasteiger partial charge in [-0.05, 0) is 28.7 Å². The van der Waals surface area contributed by atoms with Gasteiger partial charge in [-0.1, -0.05) is 139 Å². The maximum absolute atomic E-state index is 2.29. The number of hydrogen-bond donors (Lipinski definition) is 0. The van der Waals surface area contributed by atoms with Crippen molar-refractivity contribution in [2.75, 3.05) is 0 Å². The van der Waals surface area contributed by atoms with E-state index >= 15 is 0 Å². The monoisotopic (exact) mass is 364 g/mol. The summed E-state index contributed by atoms with van der Waals surface area (Å²) in [7, 11) is 0. The number of rotatable bonds is 11. The zero-order chi connectivity index (χ0) is 19.2. The lowest BCUT2D eigenvalue weighted by molar-refractivity contribution is 0.548. The second kappa shape index (κ2) is 13.6. The van der Waals surface area contributed by atoms with Crippen molar-refractivity contribution in [2.45, 2.75) is 97.3 Å². The van der Waals surface area contributed by atoms with Gasteiger partial charge in [0.2, 0.25) is 0 Å². The highest BCUT2D eigenvalue weighted by atomic mass is 14.2. The van der Waals surface area contributed by atoms with E-state index in [4.69, 9.17) is 0 Å². The van der Waals surface area contributed by atoms with Crippen LogP contribution >= 0.6 is 0 Å². The predicted molar refractivity (Wildman–Crippen MR) is 121 cm³/mol. The summed E-state index contributed by atoms with van der Waals surface area (Å²) in [4.78, 5) is 0. The van der Waals surface area contributed by atoms with E-state index in [0.717, 1.165) is 6.42 Å². The summed E-state index contributed by atoms with van der Waals surface area (Å²) < 4.78 is 0. The normalized spacial score (nSPS) is 11.5. The molecule has 27 heavy (non-hydrogen) atoms. The van der Waals surface area contributed by atoms with Crippen molar-refractivity contribution in [1.29, 1.82) is 0 Å². The summed E-state index contributed by atoms with van der Waals surface area (Å²) in [5.74, 6) is 0. The van der Waals surface area contributed by atoms with Gasteiger partial charge in [0, 0.05) is 0 Å². The van der Waals surface area contributed by atoms with Crippen molar-refractivity contribution >= 4 is 0 Å². The number of hydrogen-bond acceptors (Lipinski definition) is 0. The molecule has 0 radical (unpaired) electrons. The average molecular weight is 365 g/mol. The molecule has 0 bridgehead atoms. The van der Waals surface area contributed by atoms with Crippen molar-refractivity contribution in [3.8, 4) is 11.1 Å². The quantitative estimate of drug-likeness (QED) is 0.298. The summed E-state index contributed by atoms with van der Waals surface area (Å²) in [5.41, 5.74) is 5.75. The summed E-state index contributed by atoms with van der Waals surface area (Å²) in [5, 5.41) is 0. The van der Waals surface area contributed by atoms with Crippen LogP contribution in [0.4, 0.5) is 0 Å². The summed E-state index contributed by atoms with van der Waals surface area (Å²) >= 11 is 0. The Kier molecular flexibility index (Phi) is 10.9. The molecular weight excluding hydrogens is 324 g/mol. The molecule has 3 rings (SSSR count). The molecular formula is C27H40. The van der Waals surface area contributed by atoms with Gasteiger partial charge in [-0.15, -0.1) is 0 Å². The van der Waals surface area contributed by atoms with E-state index in [1.165, 1.54) is 99.3 Å². The van der Waals surface area contributed by atoms with E-state index in [2.05, 4.69) is 62.4 Å². The molecule has 0 aromatic heterocycles. The maximum Gasteiger partial charge on any atom is -0.00135 e. The molecule has 0 heteroatoms. The van der Waals surface area contributed by atoms with Gasteiger partial charge >= 0.3 is 0 Å². The second-order valence-corrected chi connectivity index (χ2v) is 8.03. The van der Waals surface area contributed by atoms with Gasteiger partial charge in [0.05, 0.1) is 0 Å². The fourth-order valence-electron chi connectivity index (χ4n) is 3.99. The van der Waals surface area contributed by atoms with Crippen LogP contribution < -0.4 is 0 Å². The Balaban J connectivity index is 0.000000193. The highest BCUT2D eigenvalue weighted by Crippen LogP contribution is 2.35. The van der Waals surface area contributed by atoms with E-state index in [1.807, 2.05) is 0 Å². The SMILES string of the molecule is CCCCCCCCCCCCCC.c1ccc2c(c1)Cc1ccccc1-2. The Morgan fingerprint density at radius 3 is 1.19 bits per heavy atom. The van der Waals surface area contributed by atoms with Crippen LogP contribution in [-0.2, 0) is 6.42 Å². The predicted octanol–water partition coefficient (Wildman–Crippen LogP) is 8.97. The smallest absolute Gasteiger partial charge is 0.00135 e. The first-order chi connectivity index (χ1) is 13.4. The van der Waals surface area contributed by atoms with Crippen molar-refractivity contribution in [3.05, 3.63) is 59.7 Å². The number of fused-ring (bicyclic) bond motifs is 3. The second-order valence-electron chi connectivity index (χ2n) is 8.03. The number of unbranched alkanes of at least 4 members (excludes halogenated alkanes) is 11. The molecule has 2 aromatic carbocycles. The minimum absolute atomic E-state index is 1.10. The Bertz CT molecular complexity index is 570. The summed E-state index contributed by atoms with van der Waals surface area (Å²) in [6.45, 7) is 4.57. The van der Waals surface area contributed by atoms with E-state index in [0.29, 0.717) is 0 Å². The minimum atomic E-state index is 1.10. The van der Waals surface area contributed by atoms with Crippen LogP contribution in [-0.4, -0.2) is 0 Å². The first-order valence-corrected chi connectivity index (χ1v) is 11.5. The fourth-order valence-corrected chi connectivity index (χ4v) is 3.99. The van der Waals surface area contributed by atoms with Gasteiger partial charge in [0.15, 0.2) is 0 Å². The van der Waals surface area contributed by atoms with Crippen LogP contribution in [0.3, 0.4) is 0 Å². The lowest BCUT2D eigenvalue weighted by Crippen LogP contribution is -1.81. The van der Waals surface area contributed by atoms with Gasteiger partial charge in [-0.3, -0.25) is 0 Å². The van der Waals surface area contributed by atoms with Crippen LogP contribution in [0, 0.1) is 0 Å². The lowest BCUT2D eigenvalue weighted by Gasteiger charge is -2.01. The van der Waals surface area contributed by atoms with E-state index in [-0.39, 0.29) is 0 Å². The van der Waals surface area contributed by atoms with E-state index in [1.54, 1.807) is 0 Å². The Labute approximate surface area is 168 Å². The van der Waals surface area contributed by atoms with Gasteiger partial charge in [-0.2, -0.15) is 0 Å². The molecule has 0 spiro atoms. The lowest BCUT2D eigenvalue weighted by atomic mass is 10.1. The van der Waals surface area contributed by atoms with Crippen molar-refractivity contribution < 1.29 is 0 Å². The largest absolute Gasteiger partial charge is 0.0654 e. The molecule has 0 unspecified atom stereocenters. The van der Waals surface area contributed by atoms with E-state index < -0.39 is 0 Å². The van der Waals surface area contributed by atoms with Gasteiger partial charge in [0.1, 0.15) is 0 Å². The van der Waals surface area contributed by atoms with Crippen LogP contribution in [0.2, 0.25) is 0 Å². The highest BCUT2D eigenvalue weighted by molar-refractivity contribution is 5.76. The zero-order valence-corrected chi connectivity index (χ0v) is 17.8. The van der Waals surface area contributed by atoms with Crippen molar-refractivity contribution in [3.63, 3.8) is 0 Å². The fraction of sp³-hybridized carbons (Fsp3) is 0.556. The molecule has 0 atom stereocenters. The summed E-state index contributed by atoms with van der Waals surface area (Å²) in [6, 6.07) is 17.3. The molecule has 0 nitrogen and oxygen atoms in total. The molecule has 0 N–H and O–H groups in total. The van der Waals surface area contributed by atoms with Gasteiger partial charge in [0.25, 0.3) is 0 Å². The highest BCUT2D eigenvalue weighted by Gasteiger charge is 2.15. The Hall–Kier alpha value is -1.56. The van der Waals surface area contributed by atoms with Crippen LogP contribution in [0.5, 0.6) is 0 Å². The average Bonchev–Trinajstić information content (AvgIpc) is 3.09. The summed E-state index contributed by atoms with van der Waals surface area (Å²) in [6.07, 6.45) is 18.5. The first-order valence-electron chi connectivity index (χ1n) is 11.5. The maximum atomic E-state index is 2.29. The van der Waals surface area contributed by atoms with Crippen LogP contribution in [0.1, 0.15) is 102 Å². The zero-order valence-electron chi connectivity index (χ0n) is 17.8. The molecule has 0 heterocycles. The molecule has 0 saturated heterocycles. The first kappa shape index (κ1) is 21.7. The Morgan fingerprint density at radius 2 is 0.815 bits per heavy atom. The Morgan fingerprint density at radius 1 is 0.481 bits per heavy atom. The molecule has 148 valence electrons. The third-order valence-electron chi connectivity index (χ3n) is 5.66. The van der Waals surface area contributed by atoms with Gasteiger partial charge in [-0.25, -0.2) is 0 Å². The standard InChI is InChI=1S/C14H30.C13H10/c1-3-5-7-9-11-13-14-12-10-8-6-4-2;1-3-7-12-10(5-1)9-11-6-2-4-8-13(11)12/h3-14H2,1-2H3;1-8H,9H2. The minimum Gasteiger partial charge on any atom is -0.0654 e. The van der Waals surface area contributed by atoms with Crippen molar-refractivity contribution in [1.82, 2.24) is 0 Å².